The predicted molar refractivity (Wildman–Crippen MR) is 169 cm³/mol. The summed E-state index contributed by atoms with van der Waals surface area (Å²) in [6.45, 7) is 7.20. The molecule has 2 aliphatic rings. The molecule has 2 aromatic heterocycles. The standard InChI is InChI=1S/C30H29FIN7S/c1-2-37-12-14-38(15-13-37)26-18-27-25(33-28(39(27)21-10-11-21)22-8-3-4-9-23(22)31)17-24(26)34-30-36-35-29(40-30)19-6-5-7-20(32)16-19/h3-9,16-18,21H,2,10-15H2,1H3,(H,34,36). The van der Waals surface area contributed by atoms with Gasteiger partial charge in [-0.15, -0.1) is 10.2 Å². The number of rotatable bonds is 7. The van der Waals surface area contributed by atoms with Crippen LogP contribution >= 0.6 is 33.9 Å². The highest BCUT2D eigenvalue weighted by Crippen LogP contribution is 2.44. The molecule has 0 atom stereocenters. The van der Waals surface area contributed by atoms with E-state index in [0.717, 1.165) is 87.2 Å². The number of anilines is 3. The van der Waals surface area contributed by atoms with Crippen molar-refractivity contribution in [1.82, 2.24) is 24.6 Å². The molecule has 7 nitrogen and oxygen atoms in total. The van der Waals surface area contributed by atoms with Crippen molar-refractivity contribution >= 4 is 61.5 Å². The number of aromatic nitrogens is 4. The molecule has 7 rings (SSSR count). The maximum atomic E-state index is 14.9. The van der Waals surface area contributed by atoms with E-state index in [1.165, 1.54) is 17.4 Å². The van der Waals surface area contributed by atoms with Crippen LogP contribution in [-0.4, -0.2) is 57.4 Å². The van der Waals surface area contributed by atoms with E-state index < -0.39 is 0 Å². The van der Waals surface area contributed by atoms with E-state index in [1.54, 1.807) is 6.07 Å². The number of halogens is 2. The van der Waals surface area contributed by atoms with E-state index in [1.807, 2.05) is 18.2 Å². The molecule has 0 amide bonds. The van der Waals surface area contributed by atoms with Crippen LogP contribution < -0.4 is 10.2 Å². The number of fused-ring (bicyclic) bond motifs is 1. The summed E-state index contributed by atoms with van der Waals surface area (Å²) in [5, 5.41) is 14.1. The molecular weight excluding hydrogens is 636 g/mol. The van der Waals surface area contributed by atoms with Gasteiger partial charge in [0.05, 0.1) is 28.0 Å². The van der Waals surface area contributed by atoms with Crippen LogP contribution in [0.5, 0.6) is 0 Å². The van der Waals surface area contributed by atoms with Crippen LogP contribution in [0.25, 0.3) is 33.0 Å². The van der Waals surface area contributed by atoms with Gasteiger partial charge in [-0.05, 0) is 78.4 Å². The number of piperazine rings is 1. The first kappa shape index (κ1) is 25.8. The van der Waals surface area contributed by atoms with Gasteiger partial charge in [-0.2, -0.15) is 0 Å². The Morgan fingerprint density at radius 3 is 2.58 bits per heavy atom. The van der Waals surface area contributed by atoms with Gasteiger partial charge in [0.15, 0.2) is 0 Å². The monoisotopic (exact) mass is 665 g/mol. The van der Waals surface area contributed by atoms with Crippen LogP contribution in [-0.2, 0) is 0 Å². The largest absolute Gasteiger partial charge is 0.367 e. The molecule has 0 bridgehead atoms. The highest BCUT2D eigenvalue weighted by molar-refractivity contribution is 14.1. The van der Waals surface area contributed by atoms with Crippen molar-refractivity contribution in [1.29, 1.82) is 0 Å². The zero-order chi connectivity index (χ0) is 27.2. The molecule has 0 spiro atoms. The first-order valence-electron chi connectivity index (χ1n) is 13.7. The summed E-state index contributed by atoms with van der Waals surface area (Å²) in [5.74, 6) is 0.456. The normalized spacial score (nSPS) is 16.1. The van der Waals surface area contributed by atoms with Gasteiger partial charge >= 0.3 is 0 Å². The van der Waals surface area contributed by atoms with Gasteiger partial charge in [-0.25, -0.2) is 9.37 Å². The predicted octanol–water partition coefficient (Wildman–Crippen LogP) is 7.19. The van der Waals surface area contributed by atoms with Crippen molar-refractivity contribution in [2.24, 2.45) is 0 Å². The smallest absolute Gasteiger partial charge is 0.210 e. The maximum absolute atomic E-state index is 14.9. The Labute approximate surface area is 250 Å². The number of nitrogens with one attached hydrogen (secondary N) is 1. The second-order valence-corrected chi connectivity index (χ2v) is 12.6. The minimum Gasteiger partial charge on any atom is -0.367 e. The van der Waals surface area contributed by atoms with Crippen LogP contribution in [0.4, 0.5) is 20.9 Å². The Morgan fingerprint density at radius 1 is 1.00 bits per heavy atom. The van der Waals surface area contributed by atoms with Crippen molar-refractivity contribution in [3.63, 3.8) is 0 Å². The summed E-state index contributed by atoms with van der Waals surface area (Å²) in [4.78, 5) is 9.93. The zero-order valence-electron chi connectivity index (χ0n) is 22.1. The van der Waals surface area contributed by atoms with Crippen molar-refractivity contribution in [2.75, 3.05) is 42.9 Å². The number of nitrogens with zero attached hydrogens (tertiary/aromatic N) is 6. The van der Waals surface area contributed by atoms with Gasteiger partial charge in [-0.3, -0.25) is 0 Å². The topological polar surface area (TPSA) is 62.1 Å². The Kier molecular flexibility index (Phi) is 6.92. The molecule has 1 N–H and O–H groups in total. The van der Waals surface area contributed by atoms with Gasteiger partial charge in [0.1, 0.15) is 16.6 Å². The Balaban J connectivity index is 1.32. The van der Waals surface area contributed by atoms with Crippen molar-refractivity contribution in [3.8, 4) is 22.0 Å². The SMILES string of the molecule is CCN1CCN(c2cc3c(cc2Nc2nnc(-c4cccc(I)c4)s2)nc(-c2ccccc2F)n3C2CC2)CC1. The highest BCUT2D eigenvalue weighted by atomic mass is 127. The van der Waals surface area contributed by atoms with Crippen LogP contribution in [0.3, 0.4) is 0 Å². The molecular formula is C30H29FIN7S. The molecule has 40 heavy (non-hydrogen) atoms. The lowest BCUT2D eigenvalue weighted by atomic mass is 10.2. The van der Waals surface area contributed by atoms with Crippen molar-refractivity contribution in [2.45, 2.75) is 25.8 Å². The van der Waals surface area contributed by atoms with Gasteiger partial charge < -0.3 is 19.7 Å². The van der Waals surface area contributed by atoms with E-state index in [2.05, 4.69) is 89.7 Å². The van der Waals surface area contributed by atoms with E-state index in [9.17, 15) is 4.39 Å². The Hall–Kier alpha value is -3.09. The van der Waals surface area contributed by atoms with E-state index in [-0.39, 0.29) is 5.82 Å². The van der Waals surface area contributed by atoms with Gasteiger partial charge in [0.25, 0.3) is 0 Å². The van der Waals surface area contributed by atoms with E-state index >= 15 is 0 Å². The third-order valence-corrected chi connectivity index (χ3v) is 9.29. The molecule has 2 fully saturated rings. The summed E-state index contributed by atoms with van der Waals surface area (Å²) in [7, 11) is 0. The maximum Gasteiger partial charge on any atom is 0.210 e. The molecule has 1 aliphatic heterocycles. The highest BCUT2D eigenvalue weighted by Gasteiger charge is 2.31. The molecule has 10 heteroatoms. The average molecular weight is 666 g/mol. The molecule has 3 heterocycles. The lowest BCUT2D eigenvalue weighted by Crippen LogP contribution is -2.46. The Morgan fingerprint density at radius 2 is 1.82 bits per heavy atom. The summed E-state index contributed by atoms with van der Waals surface area (Å²) >= 11 is 3.86. The van der Waals surface area contributed by atoms with Crippen molar-refractivity contribution in [3.05, 3.63) is 70.1 Å². The minimum absolute atomic E-state index is 0.245. The van der Waals surface area contributed by atoms with Crippen molar-refractivity contribution < 1.29 is 4.39 Å². The number of benzene rings is 3. The van der Waals surface area contributed by atoms with Gasteiger partial charge in [-0.1, -0.05) is 42.5 Å². The number of hydrogen-bond donors (Lipinski definition) is 1. The summed E-state index contributed by atoms with van der Waals surface area (Å²) in [5.41, 5.74) is 5.58. The second-order valence-electron chi connectivity index (χ2n) is 10.3. The molecule has 204 valence electrons. The molecule has 3 aromatic carbocycles. The van der Waals surface area contributed by atoms with Crippen LogP contribution in [0, 0.1) is 9.39 Å². The van der Waals surface area contributed by atoms with Gasteiger partial charge in [0.2, 0.25) is 5.13 Å². The molecule has 1 saturated carbocycles. The fourth-order valence-electron chi connectivity index (χ4n) is 5.46. The van der Waals surface area contributed by atoms with Crippen LogP contribution in [0.15, 0.2) is 60.7 Å². The quantitative estimate of drug-likeness (QED) is 0.186. The average Bonchev–Trinajstić information content (AvgIpc) is 3.59. The fourth-order valence-corrected chi connectivity index (χ4v) is 6.75. The van der Waals surface area contributed by atoms with E-state index in [0.29, 0.717) is 17.4 Å². The number of hydrogen-bond acceptors (Lipinski definition) is 7. The zero-order valence-corrected chi connectivity index (χ0v) is 25.1. The van der Waals surface area contributed by atoms with Crippen LogP contribution in [0.1, 0.15) is 25.8 Å². The third kappa shape index (κ3) is 4.97. The van der Waals surface area contributed by atoms with Crippen LogP contribution in [0.2, 0.25) is 0 Å². The first-order chi connectivity index (χ1) is 19.6. The molecule has 1 saturated heterocycles. The molecule has 5 aromatic rings. The first-order valence-corrected chi connectivity index (χ1v) is 15.6. The third-order valence-electron chi connectivity index (χ3n) is 7.73. The number of likely N-dealkylation sites (N-methyl/N-ethyl adjacent to an activating group) is 1. The molecule has 0 radical (unpaired) electrons. The summed E-state index contributed by atoms with van der Waals surface area (Å²) in [6, 6.07) is 19.9. The number of imidazole rings is 1. The van der Waals surface area contributed by atoms with Gasteiger partial charge in [0, 0.05) is 41.4 Å². The molecule has 1 aliphatic carbocycles. The summed E-state index contributed by atoms with van der Waals surface area (Å²) < 4.78 is 18.4. The molecule has 0 unspecified atom stereocenters. The lowest BCUT2D eigenvalue weighted by Gasteiger charge is -2.36. The minimum atomic E-state index is -0.245. The second kappa shape index (κ2) is 10.7. The summed E-state index contributed by atoms with van der Waals surface area (Å²) in [6.07, 6.45) is 2.17. The van der Waals surface area contributed by atoms with E-state index in [4.69, 9.17) is 4.98 Å². The Bertz CT molecular complexity index is 1690. The fraction of sp³-hybridized carbons (Fsp3) is 0.300. The lowest BCUT2D eigenvalue weighted by molar-refractivity contribution is 0.271.